The van der Waals surface area contributed by atoms with Gasteiger partial charge in [0.25, 0.3) is 17.4 Å². The number of nitrogens with two attached hydrogens (primary N) is 1. The van der Waals surface area contributed by atoms with Crippen molar-refractivity contribution in [1.29, 1.82) is 0 Å². The summed E-state index contributed by atoms with van der Waals surface area (Å²) in [5, 5.41) is 2.96. The lowest BCUT2D eigenvalue weighted by molar-refractivity contribution is 0.0880. The molecule has 0 saturated carbocycles. The lowest BCUT2D eigenvalue weighted by Crippen LogP contribution is -2.24. The molecule has 0 aliphatic carbocycles. The second kappa shape index (κ2) is 8.44. The van der Waals surface area contributed by atoms with Crippen LogP contribution in [0, 0.1) is 0 Å². The number of hydrogen-bond donors (Lipinski definition) is 2. The van der Waals surface area contributed by atoms with Crippen LogP contribution in [0.1, 0.15) is 20.7 Å². The third-order valence-corrected chi connectivity index (χ3v) is 7.17. The average Bonchev–Trinajstić information content (AvgIpc) is 3.46. The minimum atomic E-state index is -0.621. The molecular formula is C28H18N4O3S. The number of pyridine rings is 1. The highest BCUT2D eigenvalue weighted by Gasteiger charge is 2.32. The lowest BCUT2D eigenvalue weighted by Gasteiger charge is -2.12. The number of hydrogen-bond acceptors (Lipinski definition) is 6. The van der Waals surface area contributed by atoms with Gasteiger partial charge in [-0.2, -0.15) is 0 Å². The van der Waals surface area contributed by atoms with Gasteiger partial charge in [0.1, 0.15) is 10.8 Å². The number of nitrogen functional groups attached to an aromatic ring is 1. The maximum atomic E-state index is 12.9. The summed E-state index contributed by atoms with van der Waals surface area (Å²) in [6, 6.07) is 28.4. The van der Waals surface area contributed by atoms with Crippen LogP contribution in [-0.4, -0.2) is 21.4 Å². The van der Waals surface area contributed by atoms with Crippen molar-refractivity contribution in [2.45, 2.75) is 0 Å². The van der Waals surface area contributed by atoms with E-state index >= 15 is 0 Å². The fourth-order valence-corrected chi connectivity index (χ4v) is 5.43. The molecule has 0 radical (unpaired) electrons. The van der Waals surface area contributed by atoms with Crippen LogP contribution < -0.4 is 16.6 Å². The van der Waals surface area contributed by atoms with E-state index in [2.05, 4.69) is 17.4 Å². The Morgan fingerprint density at radius 1 is 0.750 bits per heavy atom. The van der Waals surface area contributed by atoms with Gasteiger partial charge in [0.15, 0.2) is 0 Å². The van der Waals surface area contributed by atoms with Gasteiger partial charge < -0.3 is 5.73 Å². The van der Waals surface area contributed by atoms with Gasteiger partial charge in [0, 0.05) is 17.2 Å². The van der Waals surface area contributed by atoms with Crippen LogP contribution in [-0.2, 0) is 0 Å². The molecular weight excluding hydrogens is 472 g/mol. The van der Waals surface area contributed by atoms with Crippen LogP contribution in [0.4, 0.5) is 5.82 Å². The molecule has 2 aromatic heterocycles. The summed E-state index contributed by atoms with van der Waals surface area (Å²) in [4.78, 5) is 43.2. The number of nitrogens with zero attached hydrogens (tertiary/aromatic N) is 2. The fourth-order valence-electron chi connectivity index (χ4n) is 4.34. The summed E-state index contributed by atoms with van der Waals surface area (Å²) in [6.07, 6.45) is 0. The van der Waals surface area contributed by atoms with Crippen molar-refractivity contribution >= 4 is 29.0 Å². The predicted molar refractivity (Wildman–Crippen MR) is 140 cm³/mol. The van der Waals surface area contributed by atoms with Crippen LogP contribution in [0.15, 0.2) is 95.8 Å². The van der Waals surface area contributed by atoms with Gasteiger partial charge in [0.2, 0.25) is 0 Å². The lowest BCUT2D eigenvalue weighted by atomic mass is 10.1. The number of aromatic nitrogens is 2. The van der Waals surface area contributed by atoms with Gasteiger partial charge in [-0.05, 0) is 17.7 Å². The van der Waals surface area contributed by atoms with Crippen molar-refractivity contribution in [2.24, 2.45) is 0 Å². The molecule has 8 heteroatoms. The Bertz CT molecular complexity index is 1670. The van der Waals surface area contributed by atoms with Crippen molar-refractivity contribution in [3.63, 3.8) is 0 Å². The Labute approximate surface area is 209 Å². The fraction of sp³-hybridized carbons (Fsp3) is 0. The molecule has 3 N–H and O–H groups in total. The molecule has 0 atom stereocenters. The molecule has 0 fully saturated rings. The summed E-state index contributed by atoms with van der Waals surface area (Å²) < 4.78 is 1.24. The van der Waals surface area contributed by atoms with E-state index in [9.17, 15) is 14.4 Å². The molecule has 5 aromatic rings. The summed E-state index contributed by atoms with van der Waals surface area (Å²) in [5.74, 6) is -1.31. The number of thiazole rings is 1. The molecule has 36 heavy (non-hydrogen) atoms. The third-order valence-electron chi connectivity index (χ3n) is 6.01. The van der Waals surface area contributed by atoms with Crippen molar-refractivity contribution in [3.8, 4) is 38.0 Å². The number of nitrogens with one attached hydrogen (secondary N) is 1. The van der Waals surface area contributed by atoms with Gasteiger partial charge >= 0.3 is 0 Å². The second-order valence-corrected chi connectivity index (χ2v) is 9.25. The van der Waals surface area contributed by atoms with Gasteiger partial charge in [-0.3, -0.25) is 24.3 Å². The van der Waals surface area contributed by atoms with Crippen LogP contribution in [0.25, 0.3) is 38.0 Å². The zero-order chi connectivity index (χ0) is 24.8. The number of amides is 2. The highest BCUT2D eigenvalue weighted by atomic mass is 32.1. The predicted octanol–water partition coefficient (Wildman–Crippen LogP) is 4.76. The number of fused-ring (bicyclic) bond motifs is 1. The van der Waals surface area contributed by atoms with E-state index in [1.54, 1.807) is 29.5 Å². The zero-order valence-corrected chi connectivity index (χ0v) is 19.6. The van der Waals surface area contributed by atoms with Crippen LogP contribution in [0.5, 0.6) is 0 Å². The first-order chi connectivity index (χ1) is 17.5. The molecule has 0 spiro atoms. The summed E-state index contributed by atoms with van der Waals surface area (Å²) in [7, 11) is 0. The first kappa shape index (κ1) is 21.7. The number of benzene rings is 3. The Balaban J connectivity index is 1.50. The Kier molecular flexibility index (Phi) is 5.09. The SMILES string of the molecule is Nc1c2c(cc(=O)n1-c1cccc(-c3nc(-c4ccccc4)c(-c4ccccc4)s3)c1)C(=O)NC2=O. The molecule has 7 nitrogen and oxygen atoms in total. The standard InChI is InChI=1S/C28H18N4O3S/c29-25-22-20(26(34)31-27(22)35)15-21(33)32(25)19-13-7-12-18(14-19)28-30-23(16-8-3-1-4-9-16)24(36-28)17-10-5-2-6-11-17/h1-15H,29H2,(H,31,34,35). The molecule has 0 saturated heterocycles. The van der Waals surface area contributed by atoms with Gasteiger partial charge in [-0.25, -0.2) is 4.98 Å². The molecule has 1 aliphatic heterocycles. The third kappa shape index (κ3) is 3.52. The second-order valence-electron chi connectivity index (χ2n) is 8.25. The molecule has 3 heterocycles. The quantitative estimate of drug-likeness (QED) is 0.353. The van der Waals surface area contributed by atoms with Crippen molar-refractivity contribution in [3.05, 3.63) is 112 Å². The molecule has 2 amide bonds. The average molecular weight is 491 g/mol. The van der Waals surface area contributed by atoms with E-state index in [4.69, 9.17) is 10.7 Å². The van der Waals surface area contributed by atoms with E-state index in [1.165, 1.54) is 4.57 Å². The molecule has 6 rings (SSSR count). The monoisotopic (exact) mass is 490 g/mol. The summed E-state index contributed by atoms with van der Waals surface area (Å²) in [5.41, 5.74) is 9.94. The molecule has 1 aliphatic rings. The smallest absolute Gasteiger partial charge is 0.262 e. The zero-order valence-electron chi connectivity index (χ0n) is 18.8. The minimum absolute atomic E-state index is 0.00478. The van der Waals surface area contributed by atoms with E-state index in [0.29, 0.717) is 5.69 Å². The largest absolute Gasteiger partial charge is 0.384 e. The first-order valence-electron chi connectivity index (χ1n) is 11.1. The van der Waals surface area contributed by atoms with Gasteiger partial charge in [-0.15, -0.1) is 11.3 Å². The van der Waals surface area contributed by atoms with E-state index in [-0.39, 0.29) is 16.9 Å². The first-order valence-corrected chi connectivity index (χ1v) is 12.0. The van der Waals surface area contributed by atoms with Crippen LogP contribution in [0.2, 0.25) is 0 Å². The van der Waals surface area contributed by atoms with Crippen molar-refractivity contribution < 1.29 is 9.59 Å². The number of carbonyl (C=O) groups excluding carboxylic acids is 2. The van der Waals surface area contributed by atoms with Gasteiger partial charge in [0.05, 0.1) is 27.4 Å². The van der Waals surface area contributed by atoms with E-state index in [1.807, 2.05) is 54.6 Å². The number of rotatable bonds is 4. The maximum Gasteiger partial charge on any atom is 0.262 e. The van der Waals surface area contributed by atoms with Gasteiger partial charge in [-0.1, -0.05) is 72.8 Å². The van der Waals surface area contributed by atoms with E-state index < -0.39 is 17.4 Å². The Morgan fingerprint density at radius 2 is 1.42 bits per heavy atom. The highest BCUT2D eigenvalue weighted by Crippen LogP contribution is 2.40. The molecule has 0 unspecified atom stereocenters. The van der Waals surface area contributed by atoms with E-state index in [0.717, 1.165) is 38.3 Å². The van der Waals surface area contributed by atoms with Crippen LogP contribution in [0.3, 0.4) is 0 Å². The number of anilines is 1. The maximum absolute atomic E-state index is 12.9. The Hall–Kier alpha value is -4.82. The van der Waals surface area contributed by atoms with Crippen LogP contribution >= 0.6 is 11.3 Å². The summed E-state index contributed by atoms with van der Waals surface area (Å²) in [6.45, 7) is 0. The molecule has 3 aromatic carbocycles. The van der Waals surface area contributed by atoms with Crippen molar-refractivity contribution in [2.75, 3.05) is 5.73 Å². The molecule has 0 bridgehead atoms. The highest BCUT2D eigenvalue weighted by molar-refractivity contribution is 7.19. The number of carbonyl (C=O) groups is 2. The van der Waals surface area contributed by atoms with Crippen molar-refractivity contribution in [1.82, 2.24) is 14.9 Å². The Morgan fingerprint density at radius 3 is 2.14 bits per heavy atom. The normalized spacial score (nSPS) is 12.4. The number of imide groups is 1. The minimum Gasteiger partial charge on any atom is -0.384 e. The topological polar surface area (TPSA) is 107 Å². The summed E-state index contributed by atoms with van der Waals surface area (Å²) >= 11 is 1.56. The molecule has 174 valence electrons.